The van der Waals surface area contributed by atoms with E-state index in [4.69, 9.17) is 21.4 Å². The Labute approximate surface area is 154 Å². The Bertz CT molecular complexity index is 773. The van der Waals surface area contributed by atoms with Crippen LogP contribution in [-0.4, -0.2) is 60.2 Å². The van der Waals surface area contributed by atoms with Crippen LogP contribution in [0, 0.1) is 0 Å². The molecule has 6 nitrogen and oxygen atoms in total. The van der Waals surface area contributed by atoms with Crippen molar-refractivity contribution in [3.05, 3.63) is 18.0 Å². The van der Waals surface area contributed by atoms with Gasteiger partial charge in [0, 0.05) is 43.7 Å². The van der Waals surface area contributed by atoms with E-state index in [9.17, 15) is 0 Å². The molecule has 1 aromatic heterocycles. The van der Waals surface area contributed by atoms with E-state index >= 15 is 0 Å². The third-order valence-corrected chi connectivity index (χ3v) is 4.74. The monoisotopic (exact) mass is 362 g/mol. The number of nitrogens with one attached hydrogen (secondary N) is 1. The standard InChI is InChI=1S/C18H26N4O2S/c1-18(2,3)16-19-13-10-14(23-5)12(11-15(13)24-16)20-17(25)22-8-6-21(4)7-9-22/h10-11H,6-9H2,1-5H3,(H,20,25). The maximum Gasteiger partial charge on any atom is 0.200 e. The molecular weight excluding hydrogens is 336 g/mol. The highest BCUT2D eigenvalue weighted by Gasteiger charge is 2.23. The quantitative estimate of drug-likeness (QED) is 0.824. The van der Waals surface area contributed by atoms with Crippen molar-refractivity contribution < 1.29 is 9.15 Å². The predicted molar refractivity (Wildman–Crippen MR) is 105 cm³/mol. The highest BCUT2D eigenvalue weighted by atomic mass is 32.1. The van der Waals surface area contributed by atoms with E-state index in [0.717, 1.165) is 43.0 Å². The number of hydrogen-bond acceptors (Lipinski definition) is 5. The Kier molecular flexibility index (Phi) is 4.88. The molecule has 2 heterocycles. The third kappa shape index (κ3) is 3.88. The minimum absolute atomic E-state index is 0.144. The first-order chi connectivity index (χ1) is 11.8. The van der Waals surface area contributed by atoms with Crippen molar-refractivity contribution in [3.8, 4) is 5.75 Å². The number of likely N-dealkylation sites (N-methyl/N-ethyl adjacent to an activating group) is 1. The number of piperazine rings is 1. The second-order valence-electron chi connectivity index (χ2n) is 7.51. The summed E-state index contributed by atoms with van der Waals surface area (Å²) in [5.74, 6) is 1.42. The van der Waals surface area contributed by atoms with Crippen molar-refractivity contribution in [2.75, 3.05) is 45.7 Å². The fourth-order valence-electron chi connectivity index (χ4n) is 2.75. The molecule has 1 N–H and O–H groups in total. The molecule has 136 valence electrons. The van der Waals surface area contributed by atoms with Crippen LogP contribution in [0.25, 0.3) is 11.1 Å². The molecule has 1 fully saturated rings. The van der Waals surface area contributed by atoms with Gasteiger partial charge in [0.05, 0.1) is 12.8 Å². The number of thiocarbonyl (C=S) groups is 1. The van der Waals surface area contributed by atoms with Crippen molar-refractivity contribution in [2.45, 2.75) is 26.2 Å². The second kappa shape index (κ2) is 6.80. The van der Waals surface area contributed by atoms with Gasteiger partial charge in [-0.3, -0.25) is 0 Å². The van der Waals surface area contributed by atoms with Crippen molar-refractivity contribution >= 4 is 34.1 Å². The number of aromatic nitrogens is 1. The molecule has 0 atom stereocenters. The molecule has 0 unspecified atom stereocenters. The Morgan fingerprint density at radius 3 is 2.52 bits per heavy atom. The molecule has 0 aliphatic carbocycles. The van der Waals surface area contributed by atoms with Gasteiger partial charge < -0.3 is 24.3 Å². The highest BCUT2D eigenvalue weighted by molar-refractivity contribution is 7.80. The zero-order valence-corrected chi connectivity index (χ0v) is 16.4. The Morgan fingerprint density at radius 1 is 1.24 bits per heavy atom. The van der Waals surface area contributed by atoms with Crippen molar-refractivity contribution in [1.29, 1.82) is 0 Å². The van der Waals surface area contributed by atoms with Gasteiger partial charge in [-0.1, -0.05) is 20.8 Å². The summed E-state index contributed by atoms with van der Waals surface area (Å²) in [5.41, 5.74) is 2.18. The molecule has 25 heavy (non-hydrogen) atoms. The van der Waals surface area contributed by atoms with Crippen LogP contribution in [0.5, 0.6) is 5.75 Å². The van der Waals surface area contributed by atoms with Gasteiger partial charge in [-0.05, 0) is 19.3 Å². The predicted octanol–water partition coefficient (Wildman–Crippen LogP) is 3.08. The lowest BCUT2D eigenvalue weighted by atomic mass is 9.97. The van der Waals surface area contributed by atoms with E-state index in [0.29, 0.717) is 16.8 Å². The Morgan fingerprint density at radius 2 is 1.92 bits per heavy atom. The van der Waals surface area contributed by atoms with E-state index in [1.807, 2.05) is 12.1 Å². The average Bonchev–Trinajstić information content (AvgIpc) is 2.97. The fraction of sp³-hybridized carbons (Fsp3) is 0.556. The number of anilines is 1. The number of methoxy groups -OCH3 is 1. The smallest absolute Gasteiger partial charge is 0.200 e. The van der Waals surface area contributed by atoms with Crippen LogP contribution >= 0.6 is 12.2 Å². The number of rotatable bonds is 2. The number of nitrogens with zero attached hydrogens (tertiary/aromatic N) is 3. The average molecular weight is 362 g/mol. The number of benzene rings is 1. The number of oxazole rings is 1. The van der Waals surface area contributed by atoms with Gasteiger partial charge in [0.15, 0.2) is 10.7 Å². The Balaban J connectivity index is 1.86. The van der Waals surface area contributed by atoms with Gasteiger partial charge in [0.25, 0.3) is 0 Å². The molecule has 3 rings (SSSR count). The SMILES string of the molecule is COc1cc2nc(C(C)(C)C)oc2cc1NC(=S)N1CCN(C)CC1. The normalized spacial score (nSPS) is 16.3. The van der Waals surface area contributed by atoms with Crippen LogP contribution in [-0.2, 0) is 5.41 Å². The van der Waals surface area contributed by atoms with E-state index in [1.54, 1.807) is 7.11 Å². The minimum Gasteiger partial charge on any atom is -0.494 e. The summed E-state index contributed by atoms with van der Waals surface area (Å²) >= 11 is 5.58. The van der Waals surface area contributed by atoms with Crippen LogP contribution in [0.4, 0.5) is 5.69 Å². The number of ether oxygens (including phenoxy) is 1. The summed E-state index contributed by atoms with van der Waals surface area (Å²) in [6.07, 6.45) is 0. The maximum absolute atomic E-state index is 5.94. The first-order valence-corrected chi connectivity index (χ1v) is 8.92. The van der Waals surface area contributed by atoms with Crippen LogP contribution in [0.15, 0.2) is 16.5 Å². The van der Waals surface area contributed by atoms with Crippen LogP contribution in [0.2, 0.25) is 0 Å². The molecule has 0 radical (unpaired) electrons. The zero-order chi connectivity index (χ0) is 18.2. The van der Waals surface area contributed by atoms with Crippen molar-refractivity contribution in [2.24, 2.45) is 0 Å². The molecule has 1 saturated heterocycles. The summed E-state index contributed by atoms with van der Waals surface area (Å²) in [5, 5.41) is 4.02. The van der Waals surface area contributed by atoms with Crippen molar-refractivity contribution in [1.82, 2.24) is 14.8 Å². The second-order valence-corrected chi connectivity index (χ2v) is 7.90. The van der Waals surface area contributed by atoms with Crippen LogP contribution in [0.1, 0.15) is 26.7 Å². The van der Waals surface area contributed by atoms with E-state index < -0.39 is 0 Å². The molecule has 1 aliphatic heterocycles. The topological polar surface area (TPSA) is 53.8 Å². The van der Waals surface area contributed by atoms with Gasteiger partial charge in [-0.15, -0.1) is 0 Å². The molecule has 2 aromatic rings. The fourth-order valence-corrected chi connectivity index (χ4v) is 3.04. The van der Waals surface area contributed by atoms with Crippen LogP contribution in [0.3, 0.4) is 0 Å². The first-order valence-electron chi connectivity index (χ1n) is 8.51. The number of fused-ring (bicyclic) bond motifs is 1. The van der Waals surface area contributed by atoms with Crippen molar-refractivity contribution in [3.63, 3.8) is 0 Å². The molecule has 0 bridgehead atoms. The zero-order valence-electron chi connectivity index (χ0n) is 15.5. The first kappa shape index (κ1) is 17.9. The highest BCUT2D eigenvalue weighted by Crippen LogP contribution is 2.33. The molecule has 1 aliphatic rings. The maximum atomic E-state index is 5.94. The Hall–Kier alpha value is -1.86. The van der Waals surface area contributed by atoms with Gasteiger partial charge in [-0.2, -0.15) is 0 Å². The van der Waals surface area contributed by atoms with Gasteiger partial charge in [0.1, 0.15) is 11.3 Å². The summed E-state index contributed by atoms with van der Waals surface area (Å²) in [6.45, 7) is 10.1. The largest absolute Gasteiger partial charge is 0.494 e. The minimum atomic E-state index is -0.144. The van der Waals surface area contributed by atoms with E-state index in [1.165, 1.54) is 0 Å². The molecule has 0 saturated carbocycles. The van der Waals surface area contributed by atoms with E-state index in [2.05, 4.69) is 47.9 Å². The van der Waals surface area contributed by atoms with Gasteiger partial charge >= 0.3 is 0 Å². The lowest BCUT2D eigenvalue weighted by Crippen LogP contribution is -2.48. The van der Waals surface area contributed by atoms with Crippen LogP contribution < -0.4 is 10.1 Å². The molecule has 0 amide bonds. The molecule has 1 aromatic carbocycles. The summed E-state index contributed by atoms with van der Waals surface area (Å²) in [4.78, 5) is 9.07. The molecule has 0 spiro atoms. The summed E-state index contributed by atoms with van der Waals surface area (Å²) in [7, 11) is 3.78. The lowest BCUT2D eigenvalue weighted by molar-refractivity contribution is 0.217. The molecule has 7 heteroatoms. The van der Waals surface area contributed by atoms with E-state index in [-0.39, 0.29) is 5.41 Å². The third-order valence-electron chi connectivity index (χ3n) is 4.38. The van der Waals surface area contributed by atoms with Gasteiger partial charge in [0.2, 0.25) is 5.89 Å². The summed E-state index contributed by atoms with van der Waals surface area (Å²) in [6, 6.07) is 3.81. The molecular formula is C18H26N4O2S. The summed E-state index contributed by atoms with van der Waals surface area (Å²) < 4.78 is 11.5. The lowest BCUT2D eigenvalue weighted by Gasteiger charge is -2.34. The van der Waals surface area contributed by atoms with Gasteiger partial charge in [-0.25, -0.2) is 4.98 Å². The number of hydrogen-bond donors (Lipinski definition) is 1.